The van der Waals surface area contributed by atoms with Crippen molar-refractivity contribution in [2.24, 2.45) is 0 Å². The molecule has 14 atom stereocenters. The van der Waals surface area contributed by atoms with Crippen molar-refractivity contribution in [2.75, 3.05) is 13.2 Å². The summed E-state index contributed by atoms with van der Waals surface area (Å²) in [4.78, 5) is 129. The maximum atomic E-state index is 15.2. The van der Waals surface area contributed by atoms with E-state index in [1.807, 2.05) is 0 Å². The van der Waals surface area contributed by atoms with Crippen LogP contribution in [0.5, 0.6) is 0 Å². The Morgan fingerprint density at radius 2 is 0.672 bits per heavy atom. The van der Waals surface area contributed by atoms with E-state index in [4.69, 9.17) is 42.2 Å². The molecule has 2 aliphatic rings. The first kappa shape index (κ1) is 118. The molecule has 0 bridgehead atoms. The molecule has 2 heterocycles. The van der Waals surface area contributed by atoms with Crippen molar-refractivity contribution in [3.8, 4) is 0 Å². The van der Waals surface area contributed by atoms with E-state index in [9.17, 15) is 68.3 Å². The van der Waals surface area contributed by atoms with E-state index in [0.29, 0.717) is 44.9 Å². The largest absolute Gasteiger partial charge is 0.472 e. The number of unbranched alkanes of at least 4 members (excludes halogenated alkanes) is 49. The monoisotopic (exact) mass is 1820 g/mol. The van der Waals surface area contributed by atoms with E-state index in [-0.39, 0.29) is 38.5 Å². The molecule has 0 aromatic heterocycles. The molecule has 0 aromatic rings. The van der Waals surface area contributed by atoms with E-state index in [1.54, 1.807) is 0 Å². The van der Waals surface area contributed by atoms with Gasteiger partial charge in [0.15, 0.2) is 24.8 Å². The summed E-state index contributed by atoms with van der Waals surface area (Å²) in [5.41, 5.74) is 0. The molecule has 14 unspecified atom stereocenters. The average molecular weight is 1820 g/mol. The number of esters is 4. The Labute approximate surface area is 754 Å². The summed E-state index contributed by atoms with van der Waals surface area (Å²) in [6.45, 7) is 10.9. The third-order valence-corrected chi connectivity index (χ3v) is 25.0. The Kier molecular flexibility index (Phi) is 72.4. The number of phosphoric acid groups is 2. The zero-order valence-electron chi connectivity index (χ0n) is 78.7. The Balaban J connectivity index is 2.84. The van der Waals surface area contributed by atoms with Crippen LogP contribution in [-0.2, 0) is 80.1 Å². The summed E-state index contributed by atoms with van der Waals surface area (Å²) in [7, 11) is -11.4. The molecule has 2 fully saturated rings. The van der Waals surface area contributed by atoms with Gasteiger partial charge in [0, 0.05) is 12.8 Å². The van der Waals surface area contributed by atoms with Crippen LogP contribution in [0.4, 0.5) is 0 Å². The summed E-state index contributed by atoms with van der Waals surface area (Å²) in [5.74, 6) is -5.07. The molecule has 27 nitrogen and oxygen atoms in total. The molecular weight excluding hydrogens is 1640 g/mol. The van der Waals surface area contributed by atoms with Crippen LogP contribution in [0.3, 0.4) is 0 Å². The molecule has 125 heavy (non-hydrogen) atoms. The number of hydrogen-bond acceptors (Lipinski definition) is 21. The minimum Gasteiger partial charge on any atom is -0.462 e. The van der Waals surface area contributed by atoms with Crippen LogP contribution in [-0.4, -0.2) is 175 Å². The van der Waals surface area contributed by atoms with Crippen LogP contribution in [0.1, 0.15) is 465 Å². The second kappa shape index (κ2) is 77.0. The maximum Gasteiger partial charge on any atom is 0.472 e. The fourth-order valence-electron chi connectivity index (χ4n) is 16.6. The minimum absolute atomic E-state index is 0.0691. The Morgan fingerprint density at radius 1 is 0.352 bits per heavy atom. The number of carbonyl (C=O) groups is 6. The Hall–Kier alpha value is -3.50. The number of phosphoric ester groups is 2. The molecule has 0 aromatic carbocycles. The Morgan fingerprint density at radius 3 is 1.07 bits per heavy atom. The van der Waals surface area contributed by atoms with Gasteiger partial charge in [0.25, 0.3) is 0 Å². The molecule has 29 heteroatoms. The standard InChI is InChI=1S/C96H180N2O25P2/c1-7-13-19-25-31-37-39-45-51-57-63-69-85(104)116-79(67-61-55-49-43-35-29-23-17-11-5)73-84(103)98-90-94(121-88(107)74-80(68-62-56-50-44-36-30-24-18-12-6)117-86(105)70-64-58-52-46-40-38-32-26-20-14-8-2)92(122-124(109,110)111)81(75-99)118-95(90)115-76-82-91(108)93(120-87(106)72-78(101)66-60-54-48-42-34-28-22-16-10-4)89(96(119-82)123-125(112,113)114)97-83(102)71-77(100)65-59-53-47-41-33-27-21-15-9-3/h30,36,77-82,89-96,99-101,108H,7-29,31-35,37-76H2,1-6H3,(H,97,102)(H,98,103)(H2,109,110,111)(H2,112,113,114)/b36-30+. The van der Waals surface area contributed by atoms with Crippen molar-refractivity contribution in [1.82, 2.24) is 10.6 Å². The predicted molar refractivity (Wildman–Crippen MR) is 490 cm³/mol. The van der Waals surface area contributed by atoms with Crippen molar-refractivity contribution in [2.45, 2.75) is 551 Å². The highest BCUT2D eigenvalue weighted by atomic mass is 31.2. The van der Waals surface area contributed by atoms with Gasteiger partial charge in [-0.15, -0.1) is 0 Å². The number of aliphatic hydroxyl groups excluding tert-OH is 4. The van der Waals surface area contributed by atoms with Gasteiger partial charge in [-0.05, 0) is 70.6 Å². The van der Waals surface area contributed by atoms with Gasteiger partial charge in [-0.3, -0.25) is 37.8 Å². The molecular formula is C96H180N2O25P2. The smallest absolute Gasteiger partial charge is 0.462 e. The zero-order valence-corrected chi connectivity index (χ0v) is 80.5. The lowest BCUT2D eigenvalue weighted by Gasteiger charge is -2.47. The van der Waals surface area contributed by atoms with E-state index < -0.39 is 176 Å². The van der Waals surface area contributed by atoms with Crippen LogP contribution in [0.15, 0.2) is 12.2 Å². The third-order valence-electron chi connectivity index (χ3n) is 24.0. The highest BCUT2D eigenvalue weighted by molar-refractivity contribution is 7.46. The number of nitrogens with one attached hydrogen (secondary N) is 2. The van der Waals surface area contributed by atoms with Crippen LogP contribution >= 0.6 is 15.6 Å². The molecule has 2 saturated heterocycles. The number of allylic oxidation sites excluding steroid dienone is 2. The molecule has 734 valence electrons. The van der Waals surface area contributed by atoms with Gasteiger partial charge in [-0.2, -0.15) is 0 Å². The van der Waals surface area contributed by atoms with Gasteiger partial charge < -0.3 is 83.8 Å². The highest BCUT2D eigenvalue weighted by Gasteiger charge is 2.55. The fourth-order valence-corrected chi connectivity index (χ4v) is 17.6. The first-order valence-corrected chi connectivity index (χ1v) is 53.4. The van der Waals surface area contributed by atoms with Gasteiger partial charge in [0.1, 0.15) is 48.7 Å². The van der Waals surface area contributed by atoms with E-state index in [0.717, 1.165) is 231 Å². The summed E-state index contributed by atoms with van der Waals surface area (Å²) >= 11 is 0. The first-order chi connectivity index (χ1) is 60.3. The predicted octanol–water partition coefficient (Wildman–Crippen LogP) is 21.2. The van der Waals surface area contributed by atoms with Crippen LogP contribution in [0.2, 0.25) is 0 Å². The molecule has 10 N–H and O–H groups in total. The van der Waals surface area contributed by atoms with Gasteiger partial charge >= 0.3 is 39.5 Å². The quantitative estimate of drug-likeness (QED) is 0.00889. The van der Waals surface area contributed by atoms with E-state index in [2.05, 4.69) is 64.3 Å². The highest BCUT2D eigenvalue weighted by Crippen LogP contribution is 2.44. The van der Waals surface area contributed by atoms with Gasteiger partial charge in [-0.25, -0.2) is 9.13 Å². The minimum atomic E-state index is -5.69. The molecule has 2 aliphatic heterocycles. The molecule has 0 saturated carbocycles. The van der Waals surface area contributed by atoms with Gasteiger partial charge in [-0.1, -0.05) is 368 Å². The van der Waals surface area contributed by atoms with E-state index in [1.165, 1.54) is 83.5 Å². The van der Waals surface area contributed by atoms with Crippen molar-refractivity contribution < 1.29 is 120 Å². The van der Waals surface area contributed by atoms with Crippen LogP contribution < -0.4 is 10.6 Å². The Bertz CT molecular complexity index is 2800. The topological polar surface area (TPSA) is 406 Å². The van der Waals surface area contributed by atoms with Crippen LogP contribution in [0, 0.1) is 0 Å². The lowest BCUT2D eigenvalue weighted by Crippen LogP contribution is -2.68. The summed E-state index contributed by atoms with van der Waals surface area (Å²) < 4.78 is 80.2. The number of ether oxygens (including phenoxy) is 7. The summed E-state index contributed by atoms with van der Waals surface area (Å²) in [6, 6.07) is -3.87. The van der Waals surface area contributed by atoms with Crippen molar-refractivity contribution in [3.05, 3.63) is 12.2 Å². The third kappa shape index (κ3) is 63.3. The summed E-state index contributed by atoms with van der Waals surface area (Å²) in [6.07, 6.45) is 37.8. The maximum absolute atomic E-state index is 15.2. The lowest BCUT2D eigenvalue weighted by atomic mass is 9.95. The zero-order chi connectivity index (χ0) is 91.8. The van der Waals surface area contributed by atoms with E-state index >= 15 is 9.59 Å². The number of rotatable bonds is 85. The second-order valence-electron chi connectivity index (χ2n) is 35.9. The SMILES string of the molecule is CCCC/C=C/CCCCCC(CC(=O)OC1C(NC(=O)CC(CCCCCCCCCCC)OC(=O)CCCCCCCCCCCCC)C(OCC2OC(OP(=O)(O)O)C(NC(=O)CC(O)CCCCCCCCCCC)C(OC(=O)CC(O)CCCCCCCCCCC)C2O)OC(CO)C1OP(=O)(O)O)OC(=O)CCCCCCCCCCCCC. The normalized spacial score (nSPS) is 20.3. The fraction of sp³-hybridized carbons (Fsp3) is 0.917. The number of hydrogen-bond donors (Lipinski definition) is 10. The molecule has 0 aliphatic carbocycles. The van der Waals surface area contributed by atoms with Gasteiger partial charge in [0.2, 0.25) is 11.8 Å². The number of aliphatic hydroxyl groups is 4. The van der Waals surface area contributed by atoms with Crippen molar-refractivity contribution >= 4 is 51.3 Å². The average Bonchev–Trinajstić information content (AvgIpc) is 0.778. The molecule has 2 rings (SSSR count). The summed E-state index contributed by atoms with van der Waals surface area (Å²) in [5, 5.41) is 51.5. The first-order valence-electron chi connectivity index (χ1n) is 50.4. The van der Waals surface area contributed by atoms with Crippen molar-refractivity contribution in [1.29, 1.82) is 0 Å². The second-order valence-corrected chi connectivity index (χ2v) is 38.3. The van der Waals surface area contributed by atoms with Gasteiger partial charge in [0.05, 0.1) is 51.1 Å². The number of amides is 2. The van der Waals surface area contributed by atoms with Crippen molar-refractivity contribution in [3.63, 3.8) is 0 Å². The number of carbonyl (C=O) groups excluding carboxylic acids is 6. The molecule has 2 amide bonds. The lowest BCUT2D eigenvalue weighted by molar-refractivity contribution is -0.297. The van der Waals surface area contributed by atoms with Crippen LogP contribution in [0.25, 0.3) is 0 Å². The molecule has 0 spiro atoms. The molecule has 0 radical (unpaired) electrons.